The van der Waals surface area contributed by atoms with Gasteiger partial charge in [-0.25, -0.2) is 18.6 Å². The van der Waals surface area contributed by atoms with E-state index >= 15 is 0 Å². The van der Waals surface area contributed by atoms with Crippen molar-refractivity contribution < 1.29 is 27.8 Å². The molecular formula is C21H17ClF2N2O4. The molecule has 0 bridgehead atoms. The normalized spacial score (nSPS) is 11.9. The smallest absolute Gasteiger partial charge is 0.405 e. The van der Waals surface area contributed by atoms with E-state index in [9.17, 15) is 18.4 Å². The third-order valence-corrected chi connectivity index (χ3v) is 4.69. The van der Waals surface area contributed by atoms with Crippen LogP contribution in [0.25, 0.3) is 10.8 Å². The van der Waals surface area contributed by atoms with Gasteiger partial charge in [-0.15, -0.1) is 0 Å². The Bertz CT molecular complexity index is 1130. The van der Waals surface area contributed by atoms with Gasteiger partial charge in [-0.05, 0) is 37.6 Å². The highest BCUT2D eigenvalue weighted by Gasteiger charge is 2.25. The van der Waals surface area contributed by atoms with Crippen LogP contribution in [0.5, 0.6) is 5.88 Å². The zero-order chi connectivity index (χ0) is 22.0. The fraction of sp³-hybridized carbons (Fsp3) is 0.190. The number of rotatable bonds is 6. The van der Waals surface area contributed by atoms with Crippen molar-refractivity contribution in [1.29, 1.82) is 0 Å². The Balaban J connectivity index is 2.13. The number of pyridine rings is 1. The molecule has 2 aromatic carbocycles. The molecule has 0 radical (unpaired) electrons. The van der Waals surface area contributed by atoms with Gasteiger partial charge in [0.1, 0.15) is 17.7 Å². The first-order valence-electron chi connectivity index (χ1n) is 8.94. The summed E-state index contributed by atoms with van der Waals surface area (Å²) in [4.78, 5) is 28.0. The monoisotopic (exact) mass is 434 g/mol. The molecule has 0 aliphatic heterocycles. The lowest BCUT2D eigenvalue weighted by molar-refractivity contribution is 0.102. The number of aromatic nitrogens is 1. The number of nitrogens with two attached hydrogens (primary N) is 1. The van der Waals surface area contributed by atoms with Crippen molar-refractivity contribution in [1.82, 2.24) is 4.98 Å². The Morgan fingerprint density at radius 2 is 1.90 bits per heavy atom. The summed E-state index contributed by atoms with van der Waals surface area (Å²) in [5.74, 6) is -2.87. The van der Waals surface area contributed by atoms with Gasteiger partial charge >= 0.3 is 6.09 Å². The maximum atomic E-state index is 14.7. The van der Waals surface area contributed by atoms with E-state index in [1.807, 2.05) is 0 Å². The predicted octanol–water partition coefficient (Wildman–Crippen LogP) is 4.95. The molecule has 0 fully saturated rings. The van der Waals surface area contributed by atoms with Gasteiger partial charge in [0.05, 0.1) is 23.4 Å². The summed E-state index contributed by atoms with van der Waals surface area (Å²) in [7, 11) is 0. The minimum Gasteiger partial charge on any atom is -0.478 e. The van der Waals surface area contributed by atoms with Gasteiger partial charge in [0.25, 0.3) is 0 Å². The van der Waals surface area contributed by atoms with Crippen LogP contribution in [0.1, 0.15) is 41.4 Å². The summed E-state index contributed by atoms with van der Waals surface area (Å²) in [6.07, 6.45) is -0.778. The van der Waals surface area contributed by atoms with Crippen LogP contribution in [0, 0.1) is 11.6 Å². The number of carbonyl (C=O) groups excluding carboxylic acids is 2. The molecule has 156 valence electrons. The number of ether oxygens (including phenoxy) is 2. The maximum absolute atomic E-state index is 14.7. The number of amides is 1. The van der Waals surface area contributed by atoms with Crippen molar-refractivity contribution in [2.45, 2.75) is 20.0 Å². The molecule has 2 N–H and O–H groups in total. The Morgan fingerprint density at radius 1 is 1.23 bits per heavy atom. The minimum absolute atomic E-state index is 0.00663. The van der Waals surface area contributed by atoms with Crippen molar-refractivity contribution in [3.05, 3.63) is 69.9 Å². The standard InChI is InChI=1S/C21H17ClF2N2O4/c1-3-29-20-13-6-4-5-12(17(13)14(22)9-26-20)19(27)18-15(23)7-11(8-16(18)24)10(2)30-21(25)28/h4-10H,3H2,1-2H3,(H2,25,28). The van der Waals surface area contributed by atoms with E-state index in [-0.39, 0.29) is 27.4 Å². The van der Waals surface area contributed by atoms with Crippen LogP contribution >= 0.6 is 11.6 Å². The molecule has 6 nitrogen and oxygen atoms in total. The van der Waals surface area contributed by atoms with E-state index in [4.69, 9.17) is 26.8 Å². The SMILES string of the molecule is CCOc1ncc(Cl)c2c(C(=O)c3c(F)cc(C(C)OC(N)=O)cc3F)cccc12. The molecule has 1 unspecified atom stereocenters. The number of carbonyl (C=O) groups is 2. The fourth-order valence-corrected chi connectivity index (χ4v) is 3.35. The summed E-state index contributed by atoms with van der Waals surface area (Å²) in [6.45, 7) is 3.50. The van der Waals surface area contributed by atoms with Gasteiger partial charge in [0.2, 0.25) is 5.88 Å². The number of fused-ring (bicyclic) bond motifs is 1. The van der Waals surface area contributed by atoms with Crippen LogP contribution in [-0.4, -0.2) is 23.5 Å². The summed E-state index contributed by atoms with van der Waals surface area (Å²) < 4.78 is 39.7. The highest BCUT2D eigenvalue weighted by molar-refractivity contribution is 6.37. The Labute approximate surface area is 175 Å². The topological polar surface area (TPSA) is 91.5 Å². The maximum Gasteiger partial charge on any atom is 0.405 e. The summed E-state index contributed by atoms with van der Waals surface area (Å²) >= 11 is 6.24. The van der Waals surface area contributed by atoms with Crippen molar-refractivity contribution in [2.75, 3.05) is 6.61 Å². The molecular weight excluding hydrogens is 418 g/mol. The summed E-state index contributed by atoms with van der Waals surface area (Å²) in [6, 6.07) is 6.45. The van der Waals surface area contributed by atoms with E-state index < -0.39 is 35.2 Å². The van der Waals surface area contributed by atoms with Crippen molar-refractivity contribution in [2.24, 2.45) is 5.73 Å². The molecule has 0 saturated carbocycles. The van der Waals surface area contributed by atoms with E-state index in [1.54, 1.807) is 19.1 Å². The molecule has 9 heteroatoms. The molecule has 0 spiro atoms. The number of benzene rings is 2. The quantitative estimate of drug-likeness (QED) is 0.554. The second-order valence-corrected chi connectivity index (χ2v) is 6.75. The molecule has 1 aromatic heterocycles. The van der Waals surface area contributed by atoms with Gasteiger partial charge in [0.15, 0.2) is 5.78 Å². The number of halogens is 3. The second kappa shape index (κ2) is 8.62. The van der Waals surface area contributed by atoms with E-state index in [0.717, 1.165) is 12.1 Å². The number of hydrogen-bond acceptors (Lipinski definition) is 5. The van der Waals surface area contributed by atoms with Crippen LogP contribution in [0.4, 0.5) is 13.6 Å². The van der Waals surface area contributed by atoms with Gasteiger partial charge in [0, 0.05) is 16.3 Å². The first-order chi connectivity index (χ1) is 14.2. The number of hydrogen-bond donors (Lipinski definition) is 1. The lowest BCUT2D eigenvalue weighted by Crippen LogP contribution is -2.16. The van der Waals surface area contributed by atoms with E-state index in [1.165, 1.54) is 19.2 Å². The first-order valence-corrected chi connectivity index (χ1v) is 9.32. The Kier molecular flexibility index (Phi) is 6.17. The molecule has 1 amide bonds. The largest absolute Gasteiger partial charge is 0.478 e. The highest BCUT2D eigenvalue weighted by atomic mass is 35.5. The van der Waals surface area contributed by atoms with Crippen molar-refractivity contribution in [3.8, 4) is 5.88 Å². The Morgan fingerprint density at radius 3 is 2.50 bits per heavy atom. The van der Waals surface area contributed by atoms with Gasteiger partial charge in [-0.2, -0.15) is 0 Å². The molecule has 1 heterocycles. The number of nitrogens with zero attached hydrogens (tertiary/aromatic N) is 1. The summed E-state index contributed by atoms with van der Waals surface area (Å²) in [5, 5.41) is 0.852. The Hall–Kier alpha value is -3.26. The molecule has 3 aromatic rings. The predicted molar refractivity (Wildman–Crippen MR) is 107 cm³/mol. The lowest BCUT2D eigenvalue weighted by atomic mass is 9.95. The molecule has 0 saturated heterocycles. The van der Waals surface area contributed by atoms with Crippen LogP contribution in [0.15, 0.2) is 36.5 Å². The minimum atomic E-state index is -1.11. The molecule has 1 atom stereocenters. The lowest BCUT2D eigenvalue weighted by Gasteiger charge is -2.15. The second-order valence-electron chi connectivity index (χ2n) is 6.34. The van der Waals surface area contributed by atoms with Crippen molar-refractivity contribution in [3.63, 3.8) is 0 Å². The van der Waals surface area contributed by atoms with Crippen LogP contribution in [0.3, 0.4) is 0 Å². The molecule has 0 aliphatic carbocycles. The van der Waals surface area contributed by atoms with Gasteiger partial charge in [-0.1, -0.05) is 23.7 Å². The average Bonchev–Trinajstić information content (AvgIpc) is 2.68. The van der Waals surface area contributed by atoms with E-state index in [2.05, 4.69) is 4.98 Å². The third kappa shape index (κ3) is 4.04. The van der Waals surface area contributed by atoms with E-state index in [0.29, 0.717) is 12.0 Å². The zero-order valence-electron chi connectivity index (χ0n) is 16.0. The summed E-state index contributed by atoms with van der Waals surface area (Å²) in [5.41, 5.74) is 4.18. The van der Waals surface area contributed by atoms with Crippen LogP contribution < -0.4 is 10.5 Å². The average molecular weight is 435 g/mol. The third-order valence-electron chi connectivity index (χ3n) is 4.41. The first kappa shape index (κ1) is 21.4. The fourth-order valence-electron chi connectivity index (χ4n) is 3.10. The number of primary amides is 1. The van der Waals surface area contributed by atoms with Crippen LogP contribution in [-0.2, 0) is 4.74 Å². The van der Waals surface area contributed by atoms with Gasteiger partial charge < -0.3 is 15.2 Å². The molecule has 30 heavy (non-hydrogen) atoms. The zero-order valence-corrected chi connectivity index (χ0v) is 16.8. The van der Waals surface area contributed by atoms with Crippen LogP contribution in [0.2, 0.25) is 5.02 Å². The molecule has 0 aliphatic rings. The highest BCUT2D eigenvalue weighted by Crippen LogP contribution is 2.34. The molecule has 3 rings (SSSR count). The van der Waals surface area contributed by atoms with Gasteiger partial charge in [-0.3, -0.25) is 4.79 Å². The number of ketones is 1. The van der Waals surface area contributed by atoms with Crippen molar-refractivity contribution >= 4 is 34.2 Å².